The van der Waals surface area contributed by atoms with Gasteiger partial charge in [0.1, 0.15) is 0 Å². The summed E-state index contributed by atoms with van der Waals surface area (Å²) in [6.07, 6.45) is -1.97. The molecule has 2 nitrogen and oxygen atoms in total. The molecule has 0 aliphatic carbocycles. The molecule has 1 N–H and O–H groups in total. The number of hydrogen-bond donors (Lipinski definition) is 1. The Morgan fingerprint density at radius 3 is 2.67 bits per heavy atom. The van der Waals surface area contributed by atoms with Crippen LogP contribution in [0.3, 0.4) is 0 Å². The molecule has 0 spiro atoms. The van der Waals surface area contributed by atoms with E-state index in [1.807, 2.05) is 11.8 Å². The van der Waals surface area contributed by atoms with Crippen molar-refractivity contribution < 1.29 is 13.2 Å². The van der Waals surface area contributed by atoms with Crippen LogP contribution in [0.15, 0.2) is 41.3 Å². The van der Waals surface area contributed by atoms with Gasteiger partial charge < -0.3 is 10.2 Å². The minimum atomic E-state index is -4.29. The molecule has 3 aliphatic heterocycles. The van der Waals surface area contributed by atoms with E-state index in [4.69, 9.17) is 0 Å². The SMILES string of the molecule is FC(F)(F)c1ccc(-c2cc3c4c(c2)[C@@H]2CNCC[C@@H]2N4CCCS3)cc1. The Kier molecular flexibility index (Phi) is 4.17. The maximum Gasteiger partial charge on any atom is 0.416 e. The van der Waals surface area contributed by atoms with Crippen LogP contribution >= 0.6 is 11.8 Å². The summed E-state index contributed by atoms with van der Waals surface area (Å²) in [6.45, 7) is 3.14. The van der Waals surface area contributed by atoms with E-state index in [1.54, 1.807) is 12.1 Å². The summed E-state index contributed by atoms with van der Waals surface area (Å²) >= 11 is 1.89. The largest absolute Gasteiger partial charge is 0.416 e. The van der Waals surface area contributed by atoms with Crippen molar-refractivity contribution in [2.24, 2.45) is 0 Å². The van der Waals surface area contributed by atoms with Gasteiger partial charge in [-0.15, -0.1) is 11.8 Å². The van der Waals surface area contributed by atoms with Gasteiger partial charge in [-0.2, -0.15) is 13.2 Å². The molecule has 0 radical (unpaired) electrons. The van der Waals surface area contributed by atoms with Gasteiger partial charge >= 0.3 is 6.18 Å². The highest BCUT2D eigenvalue weighted by Gasteiger charge is 2.42. The van der Waals surface area contributed by atoms with Gasteiger partial charge in [0.2, 0.25) is 0 Å². The molecule has 0 aromatic heterocycles. The summed E-state index contributed by atoms with van der Waals surface area (Å²) in [7, 11) is 0. The highest BCUT2D eigenvalue weighted by Crippen LogP contribution is 2.51. The highest BCUT2D eigenvalue weighted by atomic mass is 32.2. The van der Waals surface area contributed by atoms with Gasteiger partial charge in [-0.25, -0.2) is 0 Å². The third-order valence-corrected chi connectivity index (χ3v) is 7.10. The predicted molar refractivity (Wildman–Crippen MR) is 104 cm³/mol. The summed E-state index contributed by atoms with van der Waals surface area (Å²) in [5, 5.41) is 3.52. The number of hydrogen-bond acceptors (Lipinski definition) is 3. The van der Waals surface area contributed by atoms with E-state index in [1.165, 1.54) is 34.7 Å². The minimum absolute atomic E-state index is 0.473. The van der Waals surface area contributed by atoms with E-state index in [-0.39, 0.29) is 0 Å². The zero-order valence-electron chi connectivity index (χ0n) is 14.9. The molecule has 27 heavy (non-hydrogen) atoms. The quantitative estimate of drug-likeness (QED) is 0.726. The Morgan fingerprint density at radius 1 is 1.07 bits per heavy atom. The molecule has 142 valence electrons. The van der Waals surface area contributed by atoms with Crippen LogP contribution in [0, 0.1) is 0 Å². The maximum absolute atomic E-state index is 12.9. The van der Waals surface area contributed by atoms with Crippen molar-refractivity contribution in [2.75, 3.05) is 30.3 Å². The molecule has 3 heterocycles. The number of halogens is 3. The van der Waals surface area contributed by atoms with Crippen molar-refractivity contribution in [1.82, 2.24) is 5.32 Å². The molecule has 0 amide bonds. The van der Waals surface area contributed by atoms with Crippen molar-refractivity contribution >= 4 is 17.4 Å². The average Bonchev–Trinajstić information content (AvgIpc) is 2.83. The maximum atomic E-state index is 12.9. The van der Waals surface area contributed by atoms with E-state index in [9.17, 15) is 13.2 Å². The molecule has 2 aromatic carbocycles. The Hall–Kier alpha value is -1.66. The molecule has 0 saturated carbocycles. The van der Waals surface area contributed by atoms with Gasteiger partial charge in [0, 0.05) is 29.9 Å². The Labute approximate surface area is 161 Å². The highest BCUT2D eigenvalue weighted by molar-refractivity contribution is 7.99. The zero-order valence-corrected chi connectivity index (χ0v) is 15.7. The number of anilines is 1. The molecule has 5 rings (SSSR count). The number of rotatable bonds is 1. The molecule has 1 fully saturated rings. The average molecular weight is 390 g/mol. The third kappa shape index (κ3) is 2.93. The molecule has 2 aromatic rings. The van der Waals surface area contributed by atoms with Gasteiger partial charge in [0.15, 0.2) is 0 Å². The first-order chi connectivity index (χ1) is 13.0. The van der Waals surface area contributed by atoms with Crippen LogP contribution in [0.1, 0.15) is 29.9 Å². The zero-order chi connectivity index (χ0) is 18.6. The monoisotopic (exact) mass is 390 g/mol. The second-order valence-electron chi connectivity index (χ2n) is 7.55. The van der Waals surface area contributed by atoms with Crippen LogP contribution in [-0.4, -0.2) is 31.4 Å². The summed E-state index contributed by atoms with van der Waals surface area (Å²) < 4.78 is 38.7. The number of nitrogens with zero attached hydrogens (tertiary/aromatic N) is 1. The standard InChI is InChI=1S/C21H21F3N2S/c22-21(23,24)15-4-2-13(3-5-15)14-10-16-17-12-25-7-6-18(17)26-8-1-9-27-19(11-14)20(16)26/h2-5,10-11,17-18,25H,1,6-9,12H2/t17-,18-/m0/s1. The van der Waals surface area contributed by atoms with Crippen molar-refractivity contribution in [1.29, 1.82) is 0 Å². The van der Waals surface area contributed by atoms with Crippen LogP contribution < -0.4 is 10.2 Å². The summed E-state index contributed by atoms with van der Waals surface area (Å²) in [5.41, 5.74) is 4.03. The first-order valence-electron chi connectivity index (χ1n) is 9.48. The molecule has 3 aliphatic rings. The van der Waals surface area contributed by atoms with E-state index >= 15 is 0 Å². The van der Waals surface area contributed by atoms with Gasteiger partial charge in [-0.1, -0.05) is 12.1 Å². The normalized spacial score (nSPS) is 24.3. The minimum Gasteiger partial charge on any atom is -0.367 e. The fourth-order valence-electron chi connectivity index (χ4n) is 4.74. The van der Waals surface area contributed by atoms with E-state index in [0.29, 0.717) is 12.0 Å². The van der Waals surface area contributed by atoms with Crippen LogP contribution in [0.2, 0.25) is 0 Å². The lowest BCUT2D eigenvalue weighted by Crippen LogP contribution is -2.44. The van der Waals surface area contributed by atoms with Crippen molar-refractivity contribution in [3.05, 3.63) is 47.5 Å². The second-order valence-corrected chi connectivity index (χ2v) is 8.69. The van der Waals surface area contributed by atoms with Crippen molar-refractivity contribution in [2.45, 2.75) is 35.9 Å². The Bertz CT molecular complexity index is 863. The number of thioether (sulfide) groups is 1. The van der Waals surface area contributed by atoms with Crippen LogP contribution in [0.5, 0.6) is 0 Å². The van der Waals surface area contributed by atoms with Gasteiger partial charge in [-0.05, 0) is 66.1 Å². The Morgan fingerprint density at radius 2 is 1.89 bits per heavy atom. The van der Waals surface area contributed by atoms with E-state index in [0.717, 1.165) is 42.9 Å². The number of benzene rings is 2. The topological polar surface area (TPSA) is 15.3 Å². The predicted octanol–water partition coefficient (Wildman–Crippen LogP) is 5.13. The summed E-state index contributed by atoms with van der Waals surface area (Å²) in [4.78, 5) is 3.89. The molecule has 0 unspecified atom stereocenters. The third-order valence-electron chi connectivity index (χ3n) is 5.98. The number of fused-ring (bicyclic) bond motifs is 3. The lowest BCUT2D eigenvalue weighted by atomic mass is 9.88. The number of nitrogens with one attached hydrogen (secondary N) is 1. The van der Waals surface area contributed by atoms with E-state index < -0.39 is 11.7 Å². The number of piperidine rings is 1. The second kappa shape index (κ2) is 6.45. The Balaban J connectivity index is 1.60. The smallest absolute Gasteiger partial charge is 0.367 e. The van der Waals surface area contributed by atoms with Crippen LogP contribution in [0.25, 0.3) is 11.1 Å². The fourth-order valence-corrected chi connectivity index (χ4v) is 5.82. The van der Waals surface area contributed by atoms with Gasteiger partial charge in [0.05, 0.1) is 11.3 Å². The molecule has 2 atom stereocenters. The molecule has 6 heteroatoms. The van der Waals surface area contributed by atoms with Crippen molar-refractivity contribution in [3.63, 3.8) is 0 Å². The first kappa shape index (κ1) is 17.4. The molecular weight excluding hydrogens is 369 g/mol. The van der Waals surface area contributed by atoms with Crippen LogP contribution in [-0.2, 0) is 6.18 Å². The van der Waals surface area contributed by atoms with Gasteiger partial charge in [-0.3, -0.25) is 0 Å². The lowest BCUT2D eigenvalue weighted by molar-refractivity contribution is -0.137. The molecule has 1 saturated heterocycles. The molecule has 0 bridgehead atoms. The fraction of sp³-hybridized carbons (Fsp3) is 0.429. The van der Waals surface area contributed by atoms with Gasteiger partial charge in [0.25, 0.3) is 0 Å². The first-order valence-corrected chi connectivity index (χ1v) is 10.5. The number of alkyl halides is 3. The summed E-state index contributed by atoms with van der Waals surface area (Å²) in [5.74, 6) is 1.57. The molecular formula is C21H21F3N2S. The van der Waals surface area contributed by atoms with Crippen LogP contribution in [0.4, 0.5) is 18.9 Å². The van der Waals surface area contributed by atoms with E-state index in [2.05, 4.69) is 22.3 Å². The summed E-state index contributed by atoms with van der Waals surface area (Å²) in [6, 6.07) is 10.5. The van der Waals surface area contributed by atoms with Crippen molar-refractivity contribution in [3.8, 4) is 11.1 Å². The lowest BCUT2D eigenvalue weighted by Gasteiger charge is -2.33.